The van der Waals surface area contributed by atoms with E-state index in [0.717, 1.165) is 0 Å². The van der Waals surface area contributed by atoms with Crippen LogP contribution in [0.1, 0.15) is 41.0 Å². The molecule has 12 aromatic carbocycles. The minimum Gasteiger partial charge on any atom is -0.309 e. The Morgan fingerprint density at radius 1 is 0.357 bits per heavy atom. The van der Waals surface area contributed by atoms with Gasteiger partial charge >= 0.3 is 0 Å². The highest BCUT2D eigenvalue weighted by molar-refractivity contribution is 7.20. The molecule has 0 spiro atoms. The highest BCUT2D eigenvalue weighted by Gasteiger charge is 2.51. The Labute approximate surface area is 495 Å². The lowest BCUT2D eigenvalue weighted by atomic mass is 9.60. The fourth-order valence-electron chi connectivity index (χ4n) is 15.1. The lowest BCUT2D eigenvalue weighted by Crippen LogP contribution is -2.74. The van der Waals surface area contributed by atoms with E-state index in [9.17, 15) is 0 Å². The van der Waals surface area contributed by atoms with Crippen molar-refractivity contribution in [1.29, 1.82) is 0 Å². The Kier molecular flexibility index (Phi) is 12.8. The number of aromatic nitrogens is 1. The first-order chi connectivity index (χ1) is 41.6. The van der Waals surface area contributed by atoms with Crippen LogP contribution in [-0.2, 0) is 0 Å². The molecule has 0 N–H and O–H groups in total. The van der Waals surface area contributed by atoms with E-state index in [2.05, 4.69) is 346 Å². The van der Waals surface area contributed by atoms with Gasteiger partial charge in [0.05, 0.1) is 16.7 Å². The van der Waals surface area contributed by atoms with Crippen molar-refractivity contribution in [3.63, 3.8) is 0 Å². The van der Waals surface area contributed by atoms with Gasteiger partial charge in [0.1, 0.15) is 0 Å². The number of para-hydroxylation sites is 1. The van der Waals surface area contributed by atoms with Crippen molar-refractivity contribution < 1.29 is 0 Å². The molecule has 0 amide bonds. The molecule has 2 bridgehead atoms. The predicted octanol–water partition coefficient (Wildman–Crippen LogP) is 15.2. The first-order valence-electron chi connectivity index (χ1n) is 29.4. The molecule has 1 heterocycles. The molecule has 0 fully saturated rings. The molecule has 1 nitrogen and oxygen atoms in total. The van der Waals surface area contributed by atoms with Crippen LogP contribution in [0.5, 0.6) is 0 Å². The fourth-order valence-corrected chi connectivity index (χ4v) is 25.0. The predicted molar refractivity (Wildman–Crippen MR) is 360 cm³/mol. The maximum absolute atomic E-state index is 4.64. The average Bonchev–Trinajstić information content (AvgIpc) is 1.06. The smallest absolute Gasteiger partial charge is 0.179 e. The van der Waals surface area contributed by atoms with Gasteiger partial charge in [-0.2, -0.15) is 0 Å². The molecule has 84 heavy (non-hydrogen) atoms. The number of hydrogen-bond acceptors (Lipinski definition) is 0. The third-order valence-corrected chi connectivity index (χ3v) is 28.0. The minimum absolute atomic E-state index is 0.0103. The summed E-state index contributed by atoms with van der Waals surface area (Å²) in [7, 11) is -6.30. The van der Waals surface area contributed by atoms with Gasteiger partial charge in [-0.3, -0.25) is 0 Å². The number of allylic oxidation sites excluding steroid dienone is 5. The van der Waals surface area contributed by atoms with Gasteiger partial charge < -0.3 is 4.57 Å². The Bertz CT molecular complexity index is 4470. The van der Waals surface area contributed by atoms with Crippen LogP contribution < -0.4 is 36.3 Å². The molecule has 398 valence electrons. The average molecular weight is 1100 g/mol. The van der Waals surface area contributed by atoms with E-state index < -0.39 is 16.1 Å². The summed E-state index contributed by atoms with van der Waals surface area (Å²) in [5.41, 5.74) is 16.7. The molecule has 3 heteroatoms. The summed E-state index contributed by atoms with van der Waals surface area (Å²) in [5.74, 6) is -0.115. The van der Waals surface area contributed by atoms with E-state index in [0.29, 0.717) is 0 Å². The summed E-state index contributed by atoms with van der Waals surface area (Å²) in [5, 5.41) is 13.3. The van der Waals surface area contributed by atoms with Crippen LogP contribution in [0.3, 0.4) is 0 Å². The molecule has 0 saturated heterocycles. The van der Waals surface area contributed by atoms with Crippen molar-refractivity contribution in [2.24, 2.45) is 0 Å². The van der Waals surface area contributed by atoms with Gasteiger partial charge in [-0.05, 0) is 123 Å². The first-order valence-corrected chi connectivity index (χ1v) is 33.4. The normalized spacial score (nSPS) is 14.8. The molecular weight excluding hydrogens is 1040 g/mol. The van der Waals surface area contributed by atoms with Gasteiger partial charge in [-0.25, -0.2) is 0 Å². The summed E-state index contributed by atoms with van der Waals surface area (Å²) in [6.45, 7) is 7.09. The van der Waals surface area contributed by atoms with Gasteiger partial charge in [0, 0.05) is 22.6 Å². The van der Waals surface area contributed by atoms with E-state index in [-0.39, 0.29) is 11.8 Å². The number of hydrogen-bond donors (Lipinski definition) is 0. The number of fused-ring (bicyclic) bond motifs is 3. The number of rotatable bonds is 13. The van der Waals surface area contributed by atoms with Crippen LogP contribution in [0.25, 0.3) is 49.7 Å². The molecule has 3 aliphatic rings. The van der Waals surface area contributed by atoms with Crippen LogP contribution >= 0.6 is 0 Å². The van der Waals surface area contributed by atoms with Gasteiger partial charge in [0.25, 0.3) is 0 Å². The van der Waals surface area contributed by atoms with Crippen LogP contribution in [-0.4, -0.2) is 20.7 Å². The summed E-state index contributed by atoms with van der Waals surface area (Å²) in [6.07, 6.45) is 4.52. The lowest BCUT2D eigenvalue weighted by Gasteiger charge is -2.48. The maximum Gasteiger partial charge on any atom is 0.179 e. The molecule has 16 rings (SSSR count). The molecular formula is C81H61NSi2. The summed E-state index contributed by atoms with van der Waals surface area (Å²) < 4.78 is 2.65. The minimum atomic E-state index is -3.38. The standard InChI is InChI=1S/C81H61NSi2/c1-3-30-77(84(65-41-21-9-22-42-65,66-43-23-10-24-44-66)68-54-60(58-31-11-4-12-32-58)53-61(55-68)59-33-13-5-14-34-59)79-57(2)78-71-46-25-26-47-72(71)81(79)80-73(78)48-29-50-75(80)82-74-49-28-27-45-69(74)70-52-51-67(56-76(70)82)83(62-35-15-6-16-36-62,63-37-17-7-18-38-63)64-39-19-8-20-40-64/h3-56,78,81H,1H2,2H3/b77-30+. The highest BCUT2D eigenvalue weighted by Crippen LogP contribution is 2.59. The Hall–Kier alpha value is -9.91. The molecule has 3 aliphatic carbocycles. The maximum atomic E-state index is 4.64. The van der Waals surface area contributed by atoms with E-state index in [1.54, 1.807) is 0 Å². The van der Waals surface area contributed by atoms with Crippen molar-refractivity contribution in [3.8, 4) is 27.9 Å². The molecule has 2 unspecified atom stereocenters. The number of benzene rings is 12. The van der Waals surface area contributed by atoms with Crippen molar-refractivity contribution >= 4 is 74.3 Å². The highest BCUT2D eigenvalue weighted by atomic mass is 28.3. The van der Waals surface area contributed by atoms with Gasteiger partial charge in [0.15, 0.2) is 16.1 Å². The van der Waals surface area contributed by atoms with Crippen molar-refractivity contribution in [2.45, 2.75) is 18.8 Å². The quantitative estimate of drug-likeness (QED) is 0.0616. The topological polar surface area (TPSA) is 4.93 Å². The van der Waals surface area contributed by atoms with Gasteiger partial charge in [-0.15, -0.1) is 0 Å². The molecule has 13 aromatic rings. The first kappa shape index (κ1) is 51.0. The van der Waals surface area contributed by atoms with E-state index in [1.165, 1.54) is 125 Å². The van der Waals surface area contributed by atoms with Gasteiger partial charge in [-0.1, -0.05) is 315 Å². The van der Waals surface area contributed by atoms with E-state index >= 15 is 0 Å². The SMILES string of the molecule is C=C/C=C(\C1=C(C)C2c3ccccc3C1c1c2cccc1-n1c2ccccc2c2ccc([Si](c3ccccc3)(c3ccccc3)c3ccccc3)cc21)[Si](c1ccccc1)(c1ccccc1)c1cc(-c2ccccc2)cc(-c2ccccc2)c1. The molecule has 0 saturated carbocycles. The largest absolute Gasteiger partial charge is 0.309 e. The van der Waals surface area contributed by atoms with Crippen LogP contribution in [0.15, 0.2) is 351 Å². The van der Waals surface area contributed by atoms with E-state index in [4.69, 9.17) is 0 Å². The molecule has 0 radical (unpaired) electrons. The second-order valence-electron chi connectivity index (χ2n) is 22.6. The molecule has 2 atom stereocenters. The van der Waals surface area contributed by atoms with Crippen LogP contribution in [0.4, 0.5) is 0 Å². The summed E-state index contributed by atoms with van der Waals surface area (Å²) in [4.78, 5) is 0. The van der Waals surface area contributed by atoms with Gasteiger partial charge in [0.2, 0.25) is 0 Å². The van der Waals surface area contributed by atoms with E-state index in [1.807, 2.05) is 0 Å². The third-order valence-electron chi connectivity index (χ3n) is 18.4. The molecule has 0 aliphatic heterocycles. The zero-order valence-corrected chi connectivity index (χ0v) is 49.0. The summed E-state index contributed by atoms with van der Waals surface area (Å²) in [6, 6.07) is 120. The second kappa shape index (κ2) is 21.1. The zero-order chi connectivity index (χ0) is 56.2. The number of nitrogens with zero attached hydrogens (tertiary/aromatic N) is 1. The Balaban J connectivity index is 1.03. The second-order valence-corrected chi connectivity index (χ2v) is 30.2. The Morgan fingerprint density at radius 2 is 0.798 bits per heavy atom. The lowest BCUT2D eigenvalue weighted by molar-refractivity contribution is 0.734. The van der Waals surface area contributed by atoms with Crippen molar-refractivity contribution in [2.75, 3.05) is 0 Å². The van der Waals surface area contributed by atoms with Crippen LogP contribution in [0.2, 0.25) is 0 Å². The van der Waals surface area contributed by atoms with Crippen LogP contribution in [0, 0.1) is 0 Å². The Morgan fingerprint density at radius 3 is 1.32 bits per heavy atom. The van der Waals surface area contributed by atoms with Crippen molar-refractivity contribution in [1.82, 2.24) is 4.57 Å². The third kappa shape index (κ3) is 7.95. The zero-order valence-electron chi connectivity index (χ0n) is 47.0. The molecule has 1 aromatic heterocycles. The fraction of sp³-hybridized carbons (Fsp3) is 0.0370. The monoisotopic (exact) mass is 1100 g/mol. The van der Waals surface area contributed by atoms with Crippen molar-refractivity contribution in [3.05, 3.63) is 373 Å². The summed E-state index contributed by atoms with van der Waals surface area (Å²) >= 11 is 0.